The van der Waals surface area contributed by atoms with E-state index in [1.54, 1.807) is 11.3 Å². The molecule has 1 aliphatic rings. The molecule has 4 rings (SSSR count). The molecule has 0 spiro atoms. The number of hydrogen-bond acceptors (Lipinski definition) is 3. The minimum atomic E-state index is 0.962. The van der Waals surface area contributed by atoms with E-state index >= 15 is 0 Å². The summed E-state index contributed by atoms with van der Waals surface area (Å²) in [5.74, 6) is 0. The van der Waals surface area contributed by atoms with Crippen molar-refractivity contribution in [3.05, 3.63) is 59.0 Å². The lowest BCUT2D eigenvalue weighted by Gasteiger charge is -2.03. The lowest BCUT2D eigenvalue weighted by Crippen LogP contribution is -1.87. The van der Waals surface area contributed by atoms with Gasteiger partial charge in [-0.25, -0.2) is 4.98 Å². The molecule has 0 aliphatic heterocycles. The number of hydrogen-bond donors (Lipinski definition) is 1. The van der Waals surface area contributed by atoms with Crippen molar-refractivity contribution in [1.82, 2.24) is 4.98 Å². The SMILES string of the molecule is CNc1nc(-c2ccc3c(c2)Cc2ccccc2-3)cs1. The Kier molecular flexibility index (Phi) is 2.60. The predicted octanol–water partition coefficient (Wildman–Crippen LogP) is 4.42. The van der Waals surface area contributed by atoms with Crippen LogP contribution >= 0.6 is 11.3 Å². The highest BCUT2D eigenvalue weighted by Gasteiger charge is 2.18. The minimum absolute atomic E-state index is 0.962. The smallest absolute Gasteiger partial charge is 0.182 e. The van der Waals surface area contributed by atoms with E-state index in [0.717, 1.165) is 17.2 Å². The molecule has 1 aromatic heterocycles. The van der Waals surface area contributed by atoms with E-state index in [-0.39, 0.29) is 0 Å². The second-order valence-corrected chi connectivity index (χ2v) is 5.85. The number of rotatable bonds is 2. The van der Waals surface area contributed by atoms with Gasteiger partial charge in [0.05, 0.1) is 5.69 Å². The molecular weight excluding hydrogens is 264 g/mol. The van der Waals surface area contributed by atoms with Crippen LogP contribution in [0.5, 0.6) is 0 Å². The monoisotopic (exact) mass is 278 g/mol. The van der Waals surface area contributed by atoms with Crippen LogP contribution in [0.1, 0.15) is 11.1 Å². The first-order chi connectivity index (χ1) is 9.85. The van der Waals surface area contributed by atoms with E-state index in [4.69, 9.17) is 0 Å². The highest BCUT2D eigenvalue weighted by atomic mass is 32.1. The Morgan fingerprint density at radius 3 is 2.75 bits per heavy atom. The average Bonchev–Trinajstić information content (AvgIpc) is 3.10. The number of aromatic nitrogens is 1. The van der Waals surface area contributed by atoms with Crippen LogP contribution in [0.15, 0.2) is 47.8 Å². The lowest BCUT2D eigenvalue weighted by molar-refractivity contribution is 1.26. The molecule has 1 N–H and O–H groups in total. The molecule has 3 aromatic rings. The van der Waals surface area contributed by atoms with Gasteiger partial charge in [-0.3, -0.25) is 0 Å². The summed E-state index contributed by atoms with van der Waals surface area (Å²) < 4.78 is 0. The van der Waals surface area contributed by atoms with Gasteiger partial charge in [-0.15, -0.1) is 11.3 Å². The lowest BCUT2D eigenvalue weighted by atomic mass is 10.0. The molecule has 1 heterocycles. The Labute approximate surface area is 122 Å². The van der Waals surface area contributed by atoms with Crippen molar-refractivity contribution in [3.8, 4) is 22.4 Å². The molecule has 0 atom stereocenters. The molecule has 0 fully saturated rings. The van der Waals surface area contributed by atoms with Gasteiger partial charge in [0.15, 0.2) is 5.13 Å². The van der Waals surface area contributed by atoms with Crippen molar-refractivity contribution in [1.29, 1.82) is 0 Å². The second kappa shape index (κ2) is 4.46. The van der Waals surface area contributed by atoms with Crippen molar-refractivity contribution >= 4 is 16.5 Å². The van der Waals surface area contributed by atoms with Gasteiger partial charge in [-0.2, -0.15) is 0 Å². The van der Waals surface area contributed by atoms with Crippen LogP contribution in [0, 0.1) is 0 Å². The van der Waals surface area contributed by atoms with Crippen LogP contribution in [0.3, 0.4) is 0 Å². The predicted molar refractivity (Wildman–Crippen MR) is 85.3 cm³/mol. The van der Waals surface area contributed by atoms with Crippen LogP contribution in [-0.4, -0.2) is 12.0 Å². The third kappa shape index (κ3) is 1.74. The summed E-state index contributed by atoms with van der Waals surface area (Å²) in [5.41, 5.74) is 7.83. The van der Waals surface area contributed by atoms with E-state index in [2.05, 4.69) is 58.1 Å². The number of nitrogens with one attached hydrogen (secondary N) is 1. The van der Waals surface area contributed by atoms with Gasteiger partial charge < -0.3 is 5.32 Å². The number of thiazole rings is 1. The Bertz CT molecular complexity index is 789. The van der Waals surface area contributed by atoms with Gasteiger partial charge in [0.25, 0.3) is 0 Å². The Hall–Kier alpha value is -2.13. The normalized spacial score (nSPS) is 12.1. The summed E-state index contributed by atoms with van der Waals surface area (Å²) in [5, 5.41) is 6.16. The van der Waals surface area contributed by atoms with Crippen LogP contribution in [0.25, 0.3) is 22.4 Å². The molecule has 3 heteroatoms. The number of anilines is 1. The number of nitrogens with zero attached hydrogens (tertiary/aromatic N) is 1. The molecule has 20 heavy (non-hydrogen) atoms. The van der Waals surface area contributed by atoms with Gasteiger partial charge in [0.1, 0.15) is 0 Å². The summed E-state index contributed by atoms with van der Waals surface area (Å²) in [6.07, 6.45) is 1.03. The molecule has 2 nitrogen and oxygen atoms in total. The fraction of sp³-hybridized carbons (Fsp3) is 0.118. The molecule has 1 aliphatic carbocycles. The largest absolute Gasteiger partial charge is 0.365 e. The van der Waals surface area contributed by atoms with Crippen molar-refractivity contribution in [2.45, 2.75) is 6.42 Å². The number of fused-ring (bicyclic) bond motifs is 3. The number of benzene rings is 2. The van der Waals surface area contributed by atoms with Crippen molar-refractivity contribution in [3.63, 3.8) is 0 Å². The van der Waals surface area contributed by atoms with Crippen LogP contribution in [-0.2, 0) is 6.42 Å². The summed E-state index contributed by atoms with van der Waals surface area (Å²) in [6.45, 7) is 0. The highest BCUT2D eigenvalue weighted by molar-refractivity contribution is 7.14. The van der Waals surface area contributed by atoms with Gasteiger partial charge in [0, 0.05) is 18.0 Å². The Morgan fingerprint density at radius 2 is 1.90 bits per heavy atom. The molecule has 98 valence electrons. The zero-order valence-corrected chi connectivity index (χ0v) is 12.0. The standard InChI is InChI=1S/C17H14N2S/c1-18-17-19-16(10-20-17)12-6-7-15-13(9-12)8-11-4-2-3-5-14(11)15/h2-7,9-10H,8H2,1H3,(H,18,19). The molecular formula is C17H14N2S. The van der Waals surface area contributed by atoms with Crippen LogP contribution in [0.4, 0.5) is 5.13 Å². The minimum Gasteiger partial charge on any atom is -0.365 e. The zero-order chi connectivity index (χ0) is 13.5. The summed E-state index contributed by atoms with van der Waals surface area (Å²) >= 11 is 1.64. The van der Waals surface area contributed by atoms with Gasteiger partial charge >= 0.3 is 0 Å². The first-order valence-electron chi connectivity index (χ1n) is 6.70. The van der Waals surface area contributed by atoms with Crippen molar-refractivity contribution in [2.24, 2.45) is 0 Å². The third-order valence-corrected chi connectivity index (χ3v) is 4.67. The van der Waals surface area contributed by atoms with E-state index in [9.17, 15) is 0 Å². The van der Waals surface area contributed by atoms with Gasteiger partial charge in [-0.05, 0) is 34.7 Å². The van der Waals surface area contributed by atoms with Crippen molar-refractivity contribution < 1.29 is 0 Å². The fourth-order valence-electron chi connectivity index (χ4n) is 2.83. The van der Waals surface area contributed by atoms with Crippen molar-refractivity contribution in [2.75, 3.05) is 12.4 Å². The van der Waals surface area contributed by atoms with E-state index in [1.807, 2.05) is 7.05 Å². The quantitative estimate of drug-likeness (QED) is 0.587. The Balaban J connectivity index is 1.78. The van der Waals surface area contributed by atoms with Gasteiger partial charge in [0.2, 0.25) is 0 Å². The second-order valence-electron chi connectivity index (χ2n) is 4.99. The zero-order valence-electron chi connectivity index (χ0n) is 11.2. The molecule has 0 radical (unpaired) electrons. The summed E-state index contributed by atoms with van der Waals surface area (Å²) in [7, 11) is 1.90. The van der Waals surface area contributed by atoms with E-state index in [1.165, 1.54) is 27.8 Å². The molecule has 0 unspecified atom stereocenters. The molecule has 0 saturated carbocycles. The molecule has 0 saturated heterocycles. The molecule has 0 bridgehead atoms. The first-order valence-corrected chi connectivity index (χ1v) is 7.58. The first kappa shape index (κ1) is 11.7. The third-order valence-electron chi connectivity index (χ3n) is 3.81. The maximum Gasteiger partial charge on any atom is 0.182 e. The van der Waals surface area contributed by atoms with E-state index in [0.29, 0.717) is 0 Å². The van der Waals surface area contributed by atoms with Crippen LogP contribution < -0.4 is 5.32 Å². The molecule has 2 aromatic carbocycles. The highest BCUT2D eigenvalue weighted by Crippen LogP contribution is 2.38. The maximum absolute atomic E-state index is 4.58. The average molecular weight is 278 g/mol. The fourth-order valence-corrected chi connectivity index (χ4v) is 3.51. The Morgan fingerprint density at radius 1 is 1.05 bits per heavy atom. The molecule has 0 amide bonds. The maximum atomic E-state index is 4.58. The van der Waals surface area contributed by atoms with E-state index < -0.39 is 0 Å². The van der Waals surface area contributed by atoms with Gasteiger partial charge in [-0.1, -0.05) is 36.4 Å². The summed E-state index contributed by atoms with van der Waals surface area (Å²) in [6, 6.07) is 15.3. The van der Waals surface area contributed by atoms with Crippen LogP contribution in [0.2, 0.25) is 0 Å². The topological polar surface area (TPSA) is 24.9 Å². The summed E-state index contributed by atoms with van der Waals surface area (Å²) in [4.78, 5) is 4.58.